The highest BCUT2D eigenvalue weighted by Gasteiger charge is 2.30. The van der Waals surface area contributed by atoms with Gasteiger partial charge in [0.25, 0.3) is 5.91 Å². The first-order valence-corrected chi connectivity index (χ1v) is 8.45. The average molecular weight is 324 g/mol. The van der Waals surface area contributed by atoms with Gasteiger partial charge in [0.15, 0.2) is 0 Å². The fourth-order valence-corrected chi connectivity index (χ4v) is 3.39. The molecule has 1 aliphatic heterocycles. The number of hydrogen-bond acceptors (Lipinski definition) is 3. The number of carbonyl (C=O) groups excluding carboxylic acids is 1. The first kappa shape index (κ1) is 16.5. The topological polar surface area (TPSA) is 55.6 Å². The summed E-state index contributed by atoms with van der Waals surface area (Å²) in [6.45, 7) is 1.31. The van der Waals surface area contributed by atoms with Crippen molar-refractivity contribution in [1.29, 1.82) is 0 Å². The van der Waals surface area contributed by atoms with Crippen molar-refractivity contribution in [2.24, 2.45) is 5.73 Å². The van der Waals surface area contributed by atoms with Crippen molar-refractivity contribution in [2.45, 2.75) is 31.8 Å². The van der Waals surface area contributed by atoms with Crippen LogP contribution in [-0.2, 0) is 13.0 Å². The fourth-order valence-electron chi connectivity index (χ4n) is 3.39. The van der Waals surface area contributed by atoms with Crippen molar-refractivity contribution in [3.05, 3.63) is 65.2 Å². The van der Waals surface area contributed by atoms with Gasteiger partial charge < -0.3 is 15.4 Å². The summed E-state index contributed by atoms with van der Waals surface area (Å²) < 4.78 is 5.45. The molecule has 3 rings (SSSR count). The number of benzene rings is 2. The van der Waals surface area contributed by atoms with Crippen molar-refractivity contribution in [3.8, 4) is 5.75 Å². The number of likely N-dealkylation sites (tertiary alicyclic amines) is 1. The summed E-state index contributed by atoms with van der Waals surface area (Å²) in [6.07, 6.45) is 2.91. The van der Waals surface area contributed by atoms with Gasteiger partial charge in [0.1, 0.15) is 5.75 Å². The Morgan fingerprint density at radius 1 is 1.21 bits per heavy atom. The number of nitrogens with two attached hydrogens (primary N) is 1. The fraction of sp³-hybridized carbons (Fsp3) is 0.350. The second-order valence-electron chi connectivity index (χ2n) is 6.21. The van der Waals surface area contributed by atoms with E-state index in [0.717, 1.165) is 48.2 Å². The summed E-state index contributed by atoms with van der Waals surface area (Å²) in [5.74, 6) is 1.00. The second-order valence-corrected chi connectivity index (χ2v) is 6.21. The van der Waals surface area contributed by atoms with Crippen LogP contribution in [0.1, 0.15) is 34.3 Å². The van der Waals surface area contributed by atoms with Crippen LogP contribution in [0.15, 0.2) is 48.5 Å². The molecular formula is C20H24N2O2. The van der Waals surface area contributed by atoms with Crippen molar-refractivity contribution >= 4 is 5.91 Å². The number of methoxy groups -OCH3 is 1. The van der Waals surface area contributed by atoms with E-state index < -0.39 is 0 Å². The van der Waals surface area contributed by atoms with E-state index in [1.165, 1.54) is 0 Å². The lowest BCUT2D eigenvalue weighted by atomic mass is 10.0. The molecular weight excluding hydrogens is 300 g/mol. The standard InChI is InChI=1S/C20H24N2O2/c1-24-19-7-3-2-5-17(19)13-18-6-4-12-22(18)20(23)16-10-8-15(14-21)9-11-16/h2-3,5,7-11,18H,4,6,12-14,21H2,1H3/t18-/m0/s1. The summed E-state index contributed by atoms with van der Waals surface area (Å²) in [4.78, 5) is 14.9. The Kier molecular flexibility index (Phi) is 5.16. The molecule has 2 aromatic carbocycles. The summed E-state index contributed by atoms with van der Waals surface area (Å²) in [5.41, 5.74) is 8.56. The van der Waals surface area contributed by atoms with Crippen LogP contribution < -0.4 is 10.5 Å². The molecule has 0 spiro atoms. The van der Waals surface area contributed by atoms with Crippen LogP contribution in [0, 0.1) is 0 Å². The summed E-state index contributed by atoms with van der Waals surface area (Å²) in [6, 6.07) is 15.9. The van der Waals surface area contributed by atoms with E-state index in [2.05, 4.69) is 6.07 Å². The highest BCUT2D eigenvalue weighted by Crippen LogP contribution is 2.27. The lowest BCUT2D eigenvalue weighted by Gasteiger charge is -2.25. The quantitative estimate of drug-likeness (QED) is 0.920. The highest BCUT2D eigenvalue weighted by molar-refractivity contribution is 5.94. The van der Waals surface area contributed by atoms with Crippen molar-refractivity contribution in [1.82, 2.24) is 4.90 Å². The van der Waals surface area contributed by atoms with Crippen LogP contribution in [0.5, 0.6) is 5.75 Å². The number of para-hydroxylation sites is 1. The Hall–Kier alpha value is -2.33. The summed E-state index contributed by atoms with van der Waals surface area (Å²) in [7, 11) is 1.69. The zero-order valence-electron chi connectivity index (χ0n) is 14.1. The van der Waals surface area contributed by atoms with Gasteiger partial charge in [-0.2, -0.15) is 0 Å². The molecule has 0 saturated carbocycles. The molecule has 24 heavy (non-hydrogen) atoms. The van der Waals surface area contributed by atoms with Crippen LogP contribution in [0.2, 0.25) is 0 Å². The van der Waals surface area contributed by atoms with E-state index >= 15 is 0 Å². The minimum Gasteiger partial charge on any atom is -0.496 e. The molecule has 0 bridgehead atoms. The van der Waals surface area contributed by atoms with E-state index in [9.17, 15) is 4.79 Å². The third-order valence-corrected chi connectivity index (χ3v) is 4.72. The van der Waals surface area contributed by atoms with Crippen molar-refractivity contribution < 1.29 is 9.53 Å². The number of ether oxygens (including phenoxy) is 1. The normalized spacial score (nSPS) is 17.1. The Labute approximate surface area is 143 Å². The first-order valence-electron chi connectivity index (χ1n) is 8.45. The number of hydrogen-bond donors (Lipinski definition) is 1. The SMILES string of the molecule is COc1ccccc1C[C@@H]1CCCN1C(=O)c1ccc(CN)cc1. The van der Waals surface area contributed by atoms with Gasteiger partial charge in [0, 0.05) is 24.7 Å². The minimum atomic E-state index is 0.107. The molecule has 2 N–H and O–H groups in total. The molecule has 4 nitrogen and oxygen atoms in total. The highest BCUT2D eigenvalue weighted by atomic mass is 16.5. The van der Waals surface area contributed by atoms with Crippen LogP contribution in [-0.4, -0.2) is 30.5 Å². The number of nitrogens with zero attached hydrogens (tertiary/aromatic N) is 1. The molecule has 0 radical (unpaired) electrons. The lowest BCUT2D eigenvalue weighted by molar-refractivity contribution is 0.0736. The first-order chi connectivity index (χ1) is 11.7. The van der Waals surface area contributed by atoms with E-state index in [1.54, 1.807) is 7.11 Å². The van der Waals surface area contributed by atoms with Gasteiger partial charge in [-0.05, 0) is 48.6 Å². The van der Waals surface area contributed by atoms with Crippen LogP contribution in [0.3, 0.4) is 0 Å². The van der Waals surface area contributed by atoms with Gasteiger partial charge in [-0.25, -0.2) is 0 Å². The van der Waals surface area contributed by atoms with Crippen molar-refractivity contribution in [2.75, 3.05) is 13.7 Å². The average Bonchev–Trinajstić information content (AvgIpc) is 3.10. The van der Waals surface area contributed by atoms with Gasteiger partial charge in [-0.15, -0.1) is 0 Å². The molecule has 1 heterocycles. The van der Waals surface area contributed by atoms with Gasteiger partial charge in [-0.1, -0.05) is 30.3 Å². The Morgan fingerprint density at radius 2 is 1.96 bits per heavy atom. The maximum atomic E-state index is 12.9. The maximum absolute atomic E-state index is 12.9. The lowest BCUT2D eigenvalue weighted by Crippen LogP contribution is -2.36. The monoisotopic (exact) mass is 324 g/mol. The smallest absolute Gasteiger partial charge is 0.254 e. The molecule has 1 aliphatic rings. The van der Waals surface area contributed by atoms with Gasteiger partial charge >= 0.3 is 0 Å². The molecule has 0 aliphatic carbocycles. The zero-order chi connectivity index (χ0) is 16.9. The predicted molar refractivity (Wildman–Crippen MR) is 95.1 cm³/mol. The van der Waals surface area contributed by atoms with E-state index in [0.29, 0.717) is 6.54 Å². The minimum absolute atomic E-state index is 0.107. The molecule has 0 unspecified atom stereocenters. The molecule has 1 saturated heterocycles. The Morgan fingerprint density at radius 3 is 2.67 bits per heavy atom. The van der Waals surface area contributed by atoms with E-state index in [1.807, 2.05) is 47.4 Å². The molecule has 0 aromatic heterocycles. The third-order valence-electron chi connectivity index (χ3n) is 4.72. The Balaban J connectivity index is 1.75. The number of amides is 1. The van der Waals surface area contributed by atoms with Crippen LogP contribution in [0.25, 0.3) is 0 Å². The summed E-state index contributed by atoms with van der Waals surface area (Å²) in [5, 5.41) is 0. The van der Waals surface area contributed by atoms with E-state index in [-0.39, 0.29) is 11.9 Å². The van der Waals surface area contributed by atoms with Gasteiger partial charge in [0.05, 0.1) is 7.11 Å². The van der Waals surface area contributed by atoms with Crippen LogP contribution in [0.4, 0.5) is 0 Å². The molecule has 1 fully saturated rings. The second kappa shape index (κ2) is 7.49. The molecule has 4 heteroatoms. The molecule has 126 valence electrons. The number of rotatable bonds is 5. The number of carbonyl (C=O) groups is 1. The van der Waals surface area contributed by atoms with E-state index in [4.69, 9.17) is 10.5 Å². The van der Waals surface area contributed by atoms with Gasteiger partial charge in [0.2, 0.25) is 0 Å². The third kappa shape index (κ3) is 3.44. The summed E-state index contributed by atoms with van der Waals surface area (Å²) >= 11 is 0. The van der Waals surface area contributed by atoms with Gasteiger partial charge in [-0.3, -0.25) is 4.79 Å². The molecule has 2 aromatic rings. The molecule has 1 atom stereocenters. The Bertz CT molecular complexity index is 697. The zero-order valence-corrected chi connectivity index (χ0v) is 14.1. The molecule has 1 amide bonds. The van der Waals surface area contributed by atoms with Crippen molar-refractivity contribution in [3.63, 3.8) is 0 Å². The predicted octanol–water partition coefficient (Wildman–Crippen LogP) is 3.00. The largest absolute Gasteiger partial charge is 0.496 e. The van der Waals surface area contributed by atoms with Crippen LogP contribution >= 0.6 is 0 Å². The maximum Gasteiger partial charge on any atom is 0.254 e.